The normalized spacial score (nSPS) is 12.7. The molecule has 0 spiro atoms. The lowest BCUT2D eigenvalue weighted by molar-refractivity contribution is -0.117. The van der Waals surface area contributed by atoms with Crippen molar-refractivity contribution in [3.8, 4) is 5.75 Å². The fraction of sp³-hybridized carbons (Fsp3) is 0.348. The summed E-state index contributed by atoms with van der Waals surface area (Å²) in [6.07, 6.45) is 5.12. The number of carbonyl (C=O) groups is 3. The molecular weight excluding hydrogens is 382 g/mol. The largest absolute Gasteiger partial charge is 0.494 e. The number of unbranched alkanes of at least 4 members (excludes halogenated alkanes) is 2. The Morgan fingerprint density at radius 1 is 0.867 bits per heavy atom. The molecule has 0 aromatic heterocycles. The minimum absolute atomic E-state index is 0.0110. The highest BCUT2D eigenvalue weighted by molar-refractivity contribution is 5.99. The molecular formula is C23H27N3O4. The monoisotopic (exact) mass is 409 g/mol. The van der Waals surface area contributed by atoms with E-state index in [4.69, 9.17) is 4.74 Å². The third-order valence-corrected chi connectivity index (χ3v) is 4.79. The van der Waals surface area contributed by atoms with Gasteiger partial charge in [-0.25, -0.2) is 0 Å². The second-order valence-corrected chi connectivity index (χ2v) is 7.33. The van der Waals surface area contributed by atoms with Crippen molar-refractivity contribution in [3.63, 3.8) is 0 Å². The number of hydrazine groups is 1. The SMILES string of the molecule is CCCCCOc1ccc(C(=O)NNC(=O)c2ccc(NC(=O)C3CC3)cc2)cc1. The van der Waals surface area contributed by atoms with Crippen molar-refractivity contribution in [2.24, 2.45) is 5.92 Å². The van der Waals surface area contributed by atoms with E-state index < -0.39 is 11.8 Å². The summed E-state index contributed by atoms with van der Waals surface area (Å²) in [6.45, 7) is 2.79. The Kier molecular flexibility index (Phi) is 7.43. The summed E-state index contributed by atoms with van der Waals surface area (Å²) in [6, 6.07) is 13.3. The molecule has 0 bridgehead atoms. The molecule has 0 atom stereocenters. The maximum Gasteiger partial charge on any atom is 0.269 e. The van der Waals surface area contributed by atoms with Gasteiger partial charge in [0.25, 0.3) is 11.8 Å². The highest BCUT2D eigenvalue weighted by Crippen LogP contribution is 2.30. The van der Waals surface area contributed by atoms with E-state index in [1.807, 2.05) is 0 Å². The van der Waals surface area contributed by atoms with E-state index in [1.165, 1.54) is 0 Å². The molecule has 0 saturated heterocycles. The van der Waals surface area contributed by atoms with Crippen LogP contribution in [0.2, 0.25) is 0 Å². The summed E-state index contributed by atoms with van der Waals surface area (Å²) < 4.78 is 5.62. The molecule has 3 N–H and O–H groups in total. The molecule has 0 aliphatic heterocycles. The number of carbonyl (C=O) groups excluding carboxylic acids is 3. The Balaban J connectivity index is 1.44. The van der Waals surface area contributed by atoms with Crippen molar-refractivity contribution >= 4 is 23.4 Å². The Morgan fingerprint density at radius 2 is 1.43 bits per heavy atom. The van der Waals surface area contributed by atoms with Gasteiger partial charge in [0.2, 0.25) is 5.91 Å². The van der Waals surface area contributed by atoms with E-state index in [0.717, 1.165) is 32.1 Å². The van der Waals surface area contributed by atoms with E-state index in [0.29, 0.717) is 29.2 Å². The number of nitrogens with one attached hydrogen (secondary N) is 3. The van der Waals surface area contributed by atoms with Crippen LogP contribution in [0.1, 0.15) is 59.7 Å². The van der Waals surface area contributed by atoms with Gasteiger partial charge in [0, 0.05) is 22.7 Å². The summed E-state index contributed by atoms with van der Waals surface area (Å²) in [5.74, 6) is -0.0317. The molecule has 2 aromatic rings. The van der Waals surface area contributed by atoms with Crippen LogP contribution in [0.25, 0.3) is 0 Å². The summed E-state index contributed by atoms with van der Waals surface area (Å²) in [5, 5.41) is 2.81. The Hall–Kier alpha value is -3.35. The number of amides is 3. The Morgan fingerprint density at radius 3 is 1.97 bits per heavy atom. The number of rotatable bonds is 9. The van der Waals surface area contributed by atoms with Crippen molar-refractivity contribution in [3.05, 3.63) is 59.7 Å². The van der Waals surface area contributed by atoms with Crippen LogP contribution in [-0.2, 0) is 4.79 Å². The average molecular weight is 409 g/mol. The molecule has 7 nitrogen and oxygen atoms in total. The van der Waals surface area contributed by atoms with Gasteiger partial charge in [0.05, 0.1) is 6.61 Å². The number of ether oxygens (including phenoxy) is 1. The Bertz CT molecular complexity index is 874. The molecule has 2 aromatic carbocycles. The van der Waals surface area contributed by atoms with E-state index in [2.05, 4.69) is 23.1 Å². The van der Waals surface area contributed by atoms with Gasteiger partial charge in [-0.2, -0.15) is 0 Å². The van der Waals surface area contributed by atoms with Gasteiger partial charge in [-0.1, -0.05) is 19.8 Å². The molecule has 0 heterocycles. The summed E-state index contributed by atoms with van der Waals surface area (Å²) in [4.78, 5) is 36.2. The minimum Gasteiger partial charge on any atom is -0.494 e. The van der Waals surface area contributed by atoms with E-state index >= 15 is 0 Å². The van der Waals surface area contributed by atoms with Gasteiger partial charge in [0.1, 0.15) is 5.75 Å². The van der Waals surface area contributed by atoms with Crippen molar-refractivity contribution in [1.82, 2.24) is 10.9 Å². The van der Waals surface area contributed by atoms with Gasteiger partial charge >= 0.3 is 0 Å². The zero-order valence-corrected chi connectivity index (χ0v) is 17.1. The van der Waals surface area contributed by atoms with Crippen LogP contribution in [0.4, 0.5) is 5.69 Å². The van der Waals surface area contributed by atoms with Crippen LogP contribution >= 0.6 is 0 Å². The summed E-state index contributed by atoms with van der Waals surface area (Å²) in [5.41, 5.74) is 6.21. The smallest absolute Gasteiger partial charge is 0.269 e. The van der Waals surface area contributed by atoms with Gasteiger partial charge in [-0.05, 0) is 67.8 Å². The van der Waals surface area contributed by atoms with Gasteiger partial charge in [-0.15, -0.1) is 0 Å². The molecule has 1 fully saturated rings. The summed E-state index contributed by atoms with van der Waals surface area (Å²) >= 11 is 0. The standard InChI is InChI=1S/C23H27N3O4/c1-2-3-4-15-30-20-13-9-18(10-14-20)23(29)26-25-22(28)17-7-11-19(12-8-17)24-21(27)16-5-6-16/h7-14,16H,2-6,15H2,1H3,(H,24,27)(H,25,28)(H,26,29). The third kappa shape index (κ3) is 6.34. The zero-order chi connectivity index (χ0) is 21.3. The molecule has 1 aliphatic rings. The molecule has 1 saturated carbocycles. The Labute approximate surface area is 176 Å². The third-order valence-electron chi connectivity index (χ3n) is 4.79. The van der Waals surface area contributed by atoms with E-state index in [-0.39, 0.29) is 11.8 Å². The van der Waals surface area contributed by atoms with Crippen LogP contribution in [0, 0.1) is 5.92 Å². The average Bonchev–Trinajstić information content (AvgIpc) is 3.61. The number of hydrogen-bond acceptors (Lipinski definition) is 4. The molecule has 30 heavy (non-hydrogen) atoms. The van der Waals surface area contributed by atoms with Gasteiger partial charge < -0.3 is 10.1 Å². The molecule has 0 radical (unpaired) electrons. The first-order valence-corrected chi connectivity index (χ1v) is 10.3. The maximum absolute atomic E-state index is 12.2. The molecule has 3 amide bonds. The predicted molar refractivity (Wildman–Crippen MR) is 114 cm³/mol. The van der Waals surface area contributed by atoms with Crippen LogP contribution in [0.5, 0.6) is 5.75 Å². The summed E-state index contributed by atoms with van der Waals surface area (Å²) in [7, 11) is 0. The molecule has 0 unspecified atom stereocenters. The van der Waals surface area contributed by atoms with Crippen LogP contribution in [0.15, 0.2) is 48.5 Å². The first kappa shape index (κ1) is 21.4. The molecule has 158 valence electrons. The van der Waals surface area contributed by atoms with Crippen molar-refractivity contribution in [1.29, 1.82) is 0 Å². The van der Waals surface area contributed by atoms with Crippen molar-refractivity contribution < 1.29 is 19.1 Å². The number of hydrogen-bond donors (Lipinski definition) is 3. The van der Waals surface area contributed by atoms with Crippen LogP contribution < -0.4 is 20.9 Å². The van der Waals surface area contributed by atoms with E-state index in [9.17, 15) is 14.4 Å². The lowest BCUT2D eigenvalue weighted by atomic mass is 10.2. The second-order valence-electron chi connectivity index (χ2n) is 7.33. The van der Waals surface area contributed by atoms with Crippen LogP contribution in [0.3, 0.4) is 0 Å². The molecule has 1 aliphatic carbocycles. The first-order valence-electron chi connectivity index (χ1n) is 10.3. The topological polar surface area (TPSA) is 96.5 Å². The lowest BCUT2D eigenvalue weighted by Crippen LogP contribution is -2.41. The molecule has 7 heteroatoms. The maximum atomic E-state index is 12.2. The quantitative estimate of drug-likeness (QED) is 0.435. The fourth-order valence-electron chi connectivity index (χ4n) is 2.80. The highest BCUT2D eigenvalue weighted by Gasteiger charge is 2.29. The van der Waals surface area contributed by atoms with Crippen molar-refractivity contribution in [2.45, 2.75) is 39.0 Å². The van der Waals surface area contributed by atoms with E-state index in [1.54, 1.807) is 48.5 Å². The molecule has 3 rings (SSSR count). The number of benzene rings is 2. The van der Waals surface area contributed by atoms with Crippen molar-refractivity contribution in [2.75, 3.05) is 11.9 Å². The predicted octanol–water partition coefficient (Wildman–Crippen LogP) is 3.68. The number of anilines is 1. The van der Waals surface area contributed by atoms with Gasteiger partial charge in [-0.3, -0.25) is 25.2 Å². The van der Waals surface area contributed by atoms with Crippen LogP contribution in [-0.4, -0.2) is 24.3 Å². The lowest BCUT2D eigenvalue weighted by Gasteiger charge is -2.09. The first-order chi connectivity index (χ1) is 14.6. The van der Waals surface area contributed by atoms with Gasteiger partial charge in [0.15, 0.2) is 0 Å². The zero-order valence-electron chi connectivity index (χ0n) is 17.1. The fourth-order valence-corrected chi connectivity index (χ4v) is 2.80. The second kappa shape index (κ2) is 10.4. The highest BCUT2D eigenvalue weighted by atomic mass is 16.5. The minimum atomic E-state index is -0.445.